The monoisotopic (exact) mass is 386 g/mol. The number of hydrogen-bond acceptors (Lipinski definition) is 3. The number of benzene rings is 3. The first-order valence-corrected chi connectivity index (χ1v) is 10.4. The van der Waals surface area contributed by atoms with Crippen LogP contribution in [0, 0.1) is 13.0 Å². The zero-order chi connectivity index (χ0) is 20.1. The molecule has 0 atom stereocenters. The molecule has 0 bridgehead atoms. The molecule has 3 aromatic rings. The van der Waals surface area contributed by atoms with Crippen molar-refractivity contribution in [1.82, 2.24) is 4.90 Å². The maximum absolute atomic E-state index is 10.4. The van der Waals surface area contributed by atoms with E-state index in [-0.39, 0.29) is 5.75 Å². The predicted molar refractivity (Wildman–Crippen MR) is 116 cm³/mol. The van der Waals surface area contributed by atoms with Gasteiger partial charge < -0.3 is 9.84 Å². The Morgan fingerprint density at radius 2 is 1.79 bits per heavy atom. The molecule has 1 aliphatic heterocycles. The molecule has 3 aromatic carbocycles. The van der Waals surface area contributed by atoms with Crippen LogP contribution >= 0.6 is 0 Å². The highest BCUT2D eigenvalue weighted by Gasteiger charge is 2.13. The van der Waals surface area contributed by atoms with Gasteiger partial charge in [-0.15, -0.1) is 0 Å². The van der Waals surface area contributed by atoms with Gasteiger partial charge >= 0.3 is 0 Å². The first kappa shape index (κ1) is 19.5. The van der Waals surface area contributed by atoms with E-state index >= 15 is 0 Å². The van der Waals surface area contributed by atoms with Crippen LogP contribution in [-0.2, 0) is 19.6 Å². The van der Waals surface area contributed by atoms with Gasteiger partial charge in [-0.25, -0.2) is 0 Å². The van der Waals surface area contributed by atoms with Crippen LogP contribution in [0.4, 0.5) is 0 Å². The van der Waals surface area contributed by atoms with E-state index in [1.165, 1.54) is 42.6 Å². The number of aromatic hydroxyl groups is 1. The maximum Gasteiger partial charge on any atom is 0.124 e. The lowest BCUT2D eigenvalue weighted by atomic mass is 9.99. The number of nitrogens with zero attached hydrogens (tertiary/aromatic N) is 1. The Bertz CT molecular complexity index is 946. The van der Waals surface area contributed by atoms with Gasteiger partial charge in [-0.3, -0.25) is 4.90 Å². The summed E-state index contributed by atoms with van der Waals surface area (Å²) in [6.45, 7) is 6.12. The fourth-order valence-corrected chi connectivity index (χ4v) is 3.89. The van der Waals surface area contributed by atoms with Crippen molar-refractivity contribution >= 4 is 0 Å². The minimum absolute atomic E-state index is 0.231. The van der Waals surface area contributed by atoms with Gasteiger partial charge in [0.2, 0.25) is 0 Å². The number of rotatable bonds is 7. The Balaban J connectivity index is 1.39. The van der Waals surface area contributed by atoms with Crippen molar-refractivity contribution < 1.29 is 9.84 Å². The molecule has 4 rings (SSSR count). The second-order valence-corrected chi connectivity index (χ2v) is 7.89. The second-order valence-electron chi connectivity index (χ2n) is 7.89. The molecule has 0 unspecified atom stereocenters. The summed E-state index contributed by atoms with van der Waals surface area (Å²) in [5.74, 6) is 0.863. The summed E-state index contributed by atoms with van der Waals surface area (Å²) in [4.78, 5) is 2.52. The molecule has 3 nitrogen and oxygen atoms in total. The van der Waals surface area contributed by atoms with Crippen LogP contribution in [-0.4, -0.2) is 23.1 Å². The highest BCUT2D eigenvalue weighted by atomic mass is 16.5. The van der Waals surface area contributed by atoms with Crippen molar-refractivity contribution in [3.8, 4) is 11.5 Å². The molecule has 1 fully saturated rings. The molecule has 1 heterocycles. The normalized spacial score (nSPS) is 14.2. The summed E-state index contributed by atoms with van der Waals surface area (Å²) >= 11 is 0. The van der Waals surface area contributed by atoms with Gasteiger partial charge in [0.25, 0.3) is 0 Å². The first-order valence-electron chi connectivity index (χ1n) is 10.4. The minimum Gasteiger partial charge on any atom is -0.507 e. The smallest absolute Gasteiger partial charge is 0.124 e. The SMILES string of the molecule is Cc1cc(Cc2[c]cc(OCc3ccccc3)cc2O)ccc1CN1CCCC1. The standard InChI is InChI=1S/C26H28NO2/c1-20-15-22(9-10-24(20)18-27-13-5-6-14-27)16-23-11-12-25(17-26(23)28)29-19-21-7-3-2-4-8-21/h2-4,7-10,12,15,17,28H,5-6,13-14,16,18-19H2,1H3. The van der Waals surface area contributed by atoms with E-state index in [4.69, 9.17) is 4.74 Å². The van der Waals surface area contributed by atoms with Crippen molar-refractivity contribution in [3.05, 3.63) is 94.5 Å². The Labute approximate surface area is 173 Å². The zero-order valence-electron chi connectivity index (χ0n) is 17.0. The summed E-state index contributed by atoms with van der Waals surface area (Å²) in [5, 5.41) is 10.4. The van der Waals surface area contributed by atoms with Gasteiger partial charge in [-0.1, -0.05) is 48.5 Å². The molecule has 0 aromatic heterocycles. The van der Waals surface area contributed by atoms with E-state index < -0.39 is 0 Å². The van der Waals surface area contributed by atoms with Gasteiger partial charge in [0, 0.05) is 24.6 Å². The second kappa shape index (κ2) is 9.15. The summed E-state index contributed by atoms with van der Waals surface area (Å²) in [7, 11) is 0. The van der Waals surface area contributed by atoms with Crippen molar-refractivity contribution in [3.63, 3.8) is 0 Å². The molecule has 1 radical (unpaired) electrons. The van der Waals surface area contributed by atoms with Gasteiger partial charge in [-0.05, 0) is 67.2 Å². The van der Waals surface area contributed by atoms with Crippen LogP contribution in [0.2, 0.25) is 0 Å². The Hall–Kier alpha value is -2.78. The highest BCUT2D eigenvalue weighted by Crippen LogP contribution is 2.27. The molecule has 0 aliphatic carbocycles. The Morgan fingerprint density at radius 1 is 1.00 bits per heavy atom. The van der Waals surface area contributed by atoms with Crippen molar-refractivity contribution in [2.75, 3.05) is 13.1 Å². The van der Waals surface area contributed by atoms with Crippen molar-refractivity contribution in [2.45, 2.75) is 39.3 Å². The zero-order valence-corrected chi connectivity index (χ0v) is 17.0. The van der Waals surface area contributed by atoms with Crippen LogP contribution < -0.4 is 4.74 Å². The lowest BCUT2D eigenvalue weighted by Crippen LogP contribution is -2.18. The number of aryl methyl sites for hydroxylation is 1. The maximum atomic E-state index is 10.4. The molecule has 1 saturated heterocycles. The topological polar surface area (TPSA) is 32.7 Å². The molecule has 3 heteroatoms. The molecule has 29 heavy (non-hydrogen) atoms. The number of phenolic OH excluding ortho intramolecular Hbond substituents is 1. The van der Waals surface area contributed by atoms with Crippen LogP contribution in [0.5, 0.6) is 11.5 Å². The summed E-state index contributed by atoms with van der Waals surface area (Å²) in [5.41, 5.74) is 5.80. The lowest BCUT2D eigenvalue weighted by molar-refractivity contribution is 0.304. The minimum atomic E-state index is 0.231. The highest BCUT2D eigenvalue weighted by molar-refractivity contribution is 5.42. The predicted octanol–water partition coefficient (Wildman–Crippen LogP) is 5.27. The van der Waals surface area contributed by atoms with Crippen LogP contribution in [0.1, 0.15) is 40.7 Å². The molecule has 0 spiro atoms. The van der Waals surface area contributed by atoms with Gasteiger partial charge in [0.15, 0.2) is 0 Å². The van der Waals surface area contributed by atoms with E-state index in [2.05, 4.69) is 36.1 Å². The molecule has 0 saturated carbocycles. The average molecular weight is 387 g/mol. The molecular formula is C26H28NO2. The van der Waals surface area contributed by atoms with E-state index in [1.807, 2.05) is 36.4 Å². The van der Waals surface area contributed by atoms with Crippen LogP contribution in [0.3, 0.4) is 0 Å². The van der Waals surface area contributed by atoms with E-state index in [0.717, 1.165) is 17.7 Å². The molecule has 1 N–H and O–H groups in total. The third-order valence-electron chi connectivity index (χ3n) is 5.61. The number of likely N-dealkylation sites (tertiary alicyclic amines) is 1. The summed E-state index contributed by atoms with van der Waals surface area (Å²) in [6.07, 6.45) is 3.30. The van der Waals surface area contributed by atoms with E-state index in [1.54, 1.807) is 6.07 Å². The first-order chi connectivity index (χ1) is 14.2. The molecular weight excluding hydrogens is 358 g/mol. The van der Waals surface area contributed by atoms with Gasteiger partial charge in [-0.2, -0.15) is 0 Å². The molecule has 149 valence electrons. The van der Waals surface area contributed by atoms with Gasteiger partial charge in [0.05, 0.1) is 0 Å². The Kier molecular flexibility index (Phi) is 6.16. The largest absolute Gasteiger partial charge is 0.507 e. The summed E-state index contributed by atoms with van der Waals surface area (Å²) in [6, 6.07) is 23.3. The van der Waals surface area contributed by atoms with E-state index in [9.17, 15) is 5.11 Å². The average Bonchev–Trinajstić information content (AvgIpc) is 3.24. The summed E-state index contributed by atoms with van der Waals surface area (Å²) < 4.78 is 5.78. The third-order valence-corrected chi connectivity index (χ3v) is 5.61. The number of phenols is 1. The fourth-order valence-electron chi connectivity index (χ4n) is 3.89. The fraction of sp³-hybridized carbons (Fsp3) is 0.308. The molecule has 1 aliphatic rings. The molecule has 0 amide bonds. The van der Waals surface area contributed by atoms with Crippen molar-refractivity contribution in [1.29, 1.82) is 0 Å². The Morgan fingerprint density at radius 3 is 2.52 bits per heavy atom. The van der Waals surface area contributed by atoms with Crippen LogP contribution in [0.25, 0.3) is 0 Å². The van der Waals surface area contributed by atoms with Crippen LogP contribution in [0.15, 0.2) is 60.7 Å². The van der Waals surface area contributed by atoms with Crippen molar-refractivity contribution in [2.24, 2.45) is 0 Å². The lowest BCUT2D eigenvalue weighted by Gasteiger charge is -2.17. The number of hydrogen-bond donors (Lipinski definition) is 1. The third kappa shape index (κ3) is 5.18. The van der Waals surface area contributed by atoms with Gasteiger partial charge in [0.1, 0.15) is 18.1 Å². The number of ether oxygens (including phenoxy) is 1. The van der Waals surface area contributed by atoms with E-state index in [0.29, 0.717) is 18.8 Å². The quantitative estimate of drug-likeness (QED) is 0.601.